The molecule has 0 bridgehead atoms. The molecule has 3 saturated heterocycles. The number of carbonyl (C=O) groups excluding carboxylic acids is 1. The zero-order valence-electron chi connectivity index (χ0n) is 24.8. The maximum atomic E-state index is 12.6. The van der Waals surface area contributed by atoms with Gasteiger partial charge < -0.3 is 34.3 Å². The number of carbonyl (C=O) groups is 1. The number of fused-ring (bicyclic) bond motifs is 6. The SMILES string of the molecule is CC(=O)O[C@@H]1C[C@]23C(=CC[C@H]4C(C)(C)[C@@H](O)CC[C@@]42[C@H]3C)C2[C@@H](O)[C@@H]3O[C@]4(C[C@@H](C)[C@@H]3[C@]21C)O[C@H](O)C1(C)O[C@H]14. The Bertz CT molecular complexity index is 1220. The highest BCUT2D eigenvalue weighted by molar-refractivity contribution is 5.66. The van der Waals surface area contributed by atoms with Crippen LogP contribution in [0.15, 0.2) is 11.6 Å². The standard InChI is InChI=1S/C32H46O8/c1-14-12-32(25-29(7,39-25)26(36)40-32)38-24-21(14)28(6)20(37-16(3)33)13-31-15(2)30(31)11-10-19(34)27(4,5)18(30)9-8-17(31)22(28)23(24)35/h8,14-15,18-26,34-36H,9-13H2,1-7H3/t14-,15-,18+,19+,20-,21+,22?,23-,24-,25-,26+,28-,29?,30-,31+,32-/m1/s1. The lowest BCUT2D eigenvalue weighted by molar-refractivity contribution is -0.351. The van der Waals surface area contributed by atoms with Gasteiger partial charge in [0.1, 0.15) is 17.8 Å². The fraction of sp³-hybridized carbons (Fsp3) is 0.906. The molecule has 16 atom stereocenters. The molecule has 5 aliphatic carbocycles. The number of aliphatic hydroxyl groups is 3. The molecule has 8 rings (SSSR count). The monoisotopic (exact) mass is 558 g/mol. The van der Waals surface area contributed by atoms with Crippen LogP contribution in [0.4, 0.5) is 0 Å². The first-order valence-corrected chi connectivity index (χ1v) is 15.6. The Morgan fingerprint density at radius 3 is 2.40 bits per heavy atom. The minimum atomic E-state index is -1.09. The summed E-state index contributed by atoms with van der Waals surface area (Å²) in [4.78, 5) is 12.6. The molecule has 8 aliphatic rings. The Balaban J connectivity index is 1.25. The van der Waals surface area contributed by atoms with Crippen LogP contribution >= 0.6 is 0 Å². The topological polar surface area (TPSA) is 118 Å². The second-order valence-corrected chi connectivity index (χ2v) is 15.9. The van der Waals surface area contributed by atoms with Crippen LogP contribution in [0, 0.1) is 51.2 Å². The summed E-state index contributed by atoms with van der Waals surface area (Å²) in [6.45, 7) is 14.5. The summed E-state index contributed by atoms with van der Waals surface area (Å²) in [5, 5.41) is 34.0. The highest BCUT2D eigenvalue weighted by Gasteiger charge is 2.87. The molecule has 0 aromatic rings. The van der Waals surface area contributed by atoms with Crippen molar-refractivity contribution in [3.63, 3.8) is 0 Å². The molecule has 8 heteroatoms. The molecular formula is C32H46O8. The molecule has 0 amide bonds. The number of ether oxygens (including phenoxy) is 4. The van der Waals surface area contributed by atoms with Crippen molar-refractivity contribution in [3.8, 4) is 0 Å². The summed E-state index contributed by atoms with van der Waals surface area (Å²) in [7, 11) is 0. The van der Waals surface area contributed by atoms with E-state index in [2.05, 4.69) is 40.7 Å². The number of rotatable bonds is 1. The van der Waals surface area contributed by atoms with Crippen molar-refractivity contribution >= 4 is 5.97 Å². The summed E-state index contributed by atoms with van der Waals surface area (Å²) in [6.07, 6.45) is 2.88. The lowest BCUT2D eigenvalue weighted by Crippen LogP contribution is -2.58. The van der Waals surface area contributed by atoms with Crippen LogP contribution in [-0.2, 0) is 23.7 Å². The second-order valence-electron chi connectivity index (χ2n) is 15.9. The van der Waals surface area contributed by atoms with Crippen LogP contribution < -0.4 is 0 Å². The normalized spacial score (nSPS) is 63.6. The summed E-state index contributed by atoms with van der Waals surface area (Å²) in [5.74, 6) is -0.846. The molecule has 3 N–H and O–H groups in total. The molecule has 222 valence electrons. The first-order chi connectivity index (χ1) is 18.6. The van der Waals surface area contributed by atoms with Gasteiger partial charge in [0.05, 0.1) is 18.3 Å². The van der Waals surface area contributed by atoms with Gasteiger partial charge in [-0.05, 0) is 61.2 Å². The first-order valence-electron chi connectivity index (χ1n) is 15.6. The van der Waals surface area contributed by atoms with Gasteiger partial charge in [0.2, 0.25) is 5.79 Å². The zero-order chi connectivity index (χ0) is 28.6. The van der Waals surface area contributed by atoms with Gasteiger partial charge in [-0.1, -0.05) is 46.3 Å². The zero-order valence-corrected chi connectivity index (χ0v) is 24.8. The van der Waals surface area contributed by atoms with E-state index in [4.69, 9.17) is 18.9 Å². The number of aliphatic hydroxyl groups excluding tert-OH is 3. The molecule has 2 unspecified atom stereocenters. The minimum Gasteiger partial charge on any atom is -0.462 e. The molecule has 40 heavy (non-hydrogen) atoms. The summed E-state index contributed by atoms with van der Waals surface area (Å²) in [6, 6.07) is 0. The van der Waals surface area contributed by atoms with Crippen molar-refractivity contribution in [1.29, 1.82) is 0 Å². The Hall–Kier alpha value is -1.03. The Labute approximate surface area is 236 Å². The average Bonchev–Trinajstić information content (AvgIpc) is 3.65. The van der Waals surface area contributed by atoms with Gasteiger partial charge in [-0.25, -0.2) is 0 Å². The molecule has 4 saturated carbocycles. The van der Waals surface area contributed by atoms with Crippen LogP contribution in [0.3, 0.4) is 0 Å². The van der Waals surface area contributed by atoms with Crippen molar-refractivity contribution in [2.45, 2.75) is 129 Å². The Kier molecular flexibility index (Phi) is 4.89. The van der Waals surface area contributed by atoms with Crippen LogP contribution in [0.1, 0.15) is 80.6 Å². The molecule has 3 spiro atoms. The highest BCUT2D eigenvalue weighted by atomic mass is 16.8. The number of epoxide rings is 1. The number of allylic oxidation sites excluding steroid dienone is 1. The summed E-state index contributed by atoms with van der Waals surface area (Å²) < 4.78 is 25.1. The fourth-order valence-corrected chi connectivity index (χ4v) is 12.7. The quantitative estimate of drug-likeness (QED) is 0.255. The van der Waals surface area contributed by atoms with E-state index in [1.54, 1.807) is 0 Å². The number of hydrogen-bond acceptors (Lipinski definition) is 8. The van der Waals surface area contributed by atoms with Crippen molar-refractivity contribution in [3.05, 3.63) is 11.6 Å². The Morgan fingerprint density at radius 2 is 1.77 bits per heavy atom. The number of esters is 1. The van der Waals surface area contributed by atoms with E-state index >= 15 is 0 Å². The third-order valence-corrected chi connectivity index (χ3v) is 14.4. The fourth-order valence-electron chi connectivity index (χ4n) is 12.7. The van der Waals surface area contributed by atoms with E-state index in [0.717, 1.165) is 25.7 Å². The molecule has 3 heterocycles. The van der Waals surface area contributed by atoms with Gasteiger partial charge in [-0.2, -0.15) is 0 Å². The largest absolute Gasteiger partial charge is 0.462 e. The second kappa shape index (κ2) is 7.36. The van der Waals surface area contributed by atoms with Crippen molar-refractivity contribution in [1.82, 2.24) is 0 Å². The molecule has 0 aromatic heterocycles. The van der Waals surface area contributed by atoms with Gasteiger partial charge in [0.15, 0.2) is 6.29 Å². The van der Waals surface area contributed by atoms with E-state index in [1.165, 1.54) is 12.5 Å². The van der Waals surface area contributed by atoms with Crippen molar-refractivity contribution in [2.24, 2.45) is 51.2 Å². The van der Waals surface area contributed by atoms with Crippen LogP contribution in [0.5, 0.6) is 0 Å². The lowest BCUT2D eigenvalue weighted by Gasteiger charge is -2.58. The van der Waals surface area contributed by atoms with E-state index in [0.29, 0.717) is 18.3 Å². The summed E-state index contributed by atoms with van der Waals surface area (Å²) >= 11 is 0. The van der Waals surface area contributed by atoms with E-state index in [9.17, 15) is 20.1 Å². The molecule has 0 radical (unpaired) electrons. The van der Waals surface area contributed by atoms with Crippen LogP contribution in [0.2, 0.25) is 0 Å². The van der Waals surface area contributed by atoms with Gasteiger partial charge in [-0.15, -0.1) is 0 Å². The molecule has 0 aromatic carbocycles. The minimum absolute atomic E-state index is 0.0308. The van der Waals surface area contributed by atoms with Gasteiger partial charge in [0, 0.05) is 36.0 Å². The van der Waals surface area contributed by atoms with Crippen LogP contribution in [0.25, 0.3) is 0 Å². The van der Waals surface area contributed by atoms with Crippen molar-refractivity contribution in [2.75, 3.05) is 0 Å². The lowest BCUT2D eigenvalue weighted by atomic mass is 9.48. The predicted octanol–water partition coefficient (Wildman–Crippen LogP) is 3.31. The molecule has 3 aliphatic heterocycles. The molecule has 8 nitrogen and oxygen atoms in total. The predicted molar refractivity (Wildman–Crippen MR) is 142 cm³/mol. The van der Waals surface area contributed by atoms with E-state index in [-0.39, 0.29) is 58.3 Å². The molecular weight excluding hydrogens is 512 g/mol. The van der Waals surface area contributed by atoms with E-state index < -0.39 is 35.3 Å². The Morgan fingerprint density at radius 1 is 1.05 bits per heavy atom. The third kappa shape index (κ3) is 2.59. The average molecular weight is 559 g/mol. The van der Waals surface area contributed by atoms with Gasteiger partial charge >= 0.3 is 5.97 Å². The third-order valence-electron chi connectivity index (χ3n) is 14.4. The van der Waals surface area contributed by atoms with Gasteiger partial charge in [0.25, 0.3) is 0 Å². The number of hydrogen-bond donors (Lipinski definition) is 3. The highest BCUT2D eigenvalue weighted by Crippen LogP contribution is 2.89. The van der Waals surface area contributed by atoms with Crippen molar-refractivity contribution < 1.29 is 39.1 Å². The smallest absolute Gasteiger partial charge is 0.302 e. The molecule has 7 fully saturated rings. The van der Waals surface area contributed by atoms with Crippen LogP contribution in [-0.4, -0.2) is 69.5 Å². The maximum Gasteiger partial charge on any atom is 0.302 e. The van der Waals surface area contributed by atoms with Gasteiger partial charge in [-0.3, -0.25) is 4.79 Å². The first kappa shape index (κ1) is 26.6. The van der Waals surface area contributed by atoms with E-state index in [1.807, 2.05) is 6.92 Å². The summed E-state index contributed by atoms with van der Waals surface area (Å²) in [5.41, 5.74) is -0.292. The maximum absolute atomic E-state index is 12.6.